The largest absolute Gasteiger partial charge is 0.351 e. The molecule has 0 radical (unpaired) electrons. The van der Waals surface area contributed by atoms with Gasteiger partial charge in [-0.2, -0.15) is 0 Å². The zero-order chi connectivity index (χ0) is 21.6. The molecule has 2 amide bonds. The Morgan fingerprint density at radius 1 is 0.871 bits per heavy atom. The van der Waals surface area contributed by atoms with Crippen molar-refractivity contribution in [3.05, 3.63) is 93.7 Å². The summed E-state index contributed by atoms with van der Waals surface area (Å²) in [6, 6.07) is 25.1. The number of carbonyl (C=O) groups excluding carboxylic acids is 2. The lowest BCUT2D eigenvalue weighted by Crippen LogP contribution is -2.49. The number of amides is 2. The zero-order valence-electron chi connectivity index (χ0n) is 17.7. The third kappa shape index (κ3) is 5.21. The second-order valence-electron chi connectivity index (χ2n) is 7.73. The summed E-state index contributed by atoms with van der Waals surface area (Å²) in [5.41, 5.74) is 2.55. The topological polar surface area (TPSA) is 52.7 Å². The van der Waals surface area contributed by atoms with E-state index in [9.17, 15) is 9.59 Å². The SMILES string of the molecule is CC(=O)NCc1ccc(C(=O)N2CCN(C(c3ccccc3)c3ccccc3)CC2)s1. The minimum absolute atomic E-state index is 0.0659. The summed E-state index contributed by atoms with van der Waals surface area (Å²) in [5, 5.41) is 2.78. The Hall–Kier alpha value is -2.96. The average molecular weight is 434 g/mol. The van der Waals surface area contributed by atoms with Gasteiger partial charge in [-0.05, 0) is 23.3 Å². The molecular weight excluding hydrogens is 406 g/mol. The van der Waals surface area contributed by atoms with Gasteiger partial charge in [0.15, 0.2) is 0 Å². The molecule has 5 nitrogen and oxygen atoms in total. The number of hydrogen-bond donors (Lipinski definition) is 1. The van der Waals surface area contributed by atoms with Gasteiger partial charge in [-0.3, -0.25) is 14.5 Å². The van der Waals surface area contributed by atoms with Crippen LogP contribution in [0.2, 0.25) is 0 Å². The van der Waals surface area contributed by atoms with Crippen LogP contribution in [0.25, 0.3) is 0 Å². The molecule has 1 aliphatic heterocycles. The van der Waals surface area contributed by atoms with E-state index in [1.54, 1.807) is 0 Å². The molecule has 6 heteroatoms. The summed E-state index contributed by atoms with van der Waals surface area (Å²) in [6.07, 6.45) is 0. The number of rotatable bonds is 6. The molecule has 4 rings (SSSR count). The fourth-order valence-corrected chi connectivity index (χ4v) is 4.94. The smallest absolute Gasteiger partial charge is 0.264 e. The van der Waals surface area contributed by atoms with Gasteiger partial charge in [0.1, 0.15) is 0 Å². The van der Waals surface area contributed by atoms with E-state index in [4.69, 9.17) is 0 Å². The van der Waals surface area contributed by atoms with Crippen molar-refractivity contribution < 1.29 is 9.59 Å². The molecule has 1 saturated heterocycles. The summed E-state index contributed by atoms with van der Waals surface area (Å²) >= 11 is 1.46. The van der Waals surface area contributed by atoms with Crippen LogP contribution in [-0.2, 0) is 11.3 Å². The number of carbonyl (C=O) groups is 2. The molecule has 0 atom stereocenters. The monoisotopic (exact) mass is 433 g/mol. The van der Waals surface area contributed by atoms with E-state index < -0.39 is 0 Å². The van der Waals surface area contributed by atoms with Gasteiger partial charge in [0.2, 0.25) is 5.91 Å². The quantitative estimate of drug-likeness (QED) is 0.641. The van der Waals surface area contributed by atoms with Crippen LogP contribution in [0.3, 0.4) is 0 Å². The molecule has 0 bridgehead atoms. The van der Waals surface area contributed by atoms with Crippen molar-refractivity contribution in [2.24, 2.45) is 0 Å². The first-order chi connectivity index (χ1) is 15.1. The summed E-state index contributed by atoms with van der Waals surface area (Å²) < 4.78 is 0. The summed E-state index contributed by atoms with van der Waals surface area (Å²) in [7, 11) is 0. The van der Waals surface area contributed by atoms with Crippen LogP contribution in [-0.4, -0.2) is 47.8 Å². The van der Waals surface area contributed by atoms with Gasteiger partial charge in [0.25, 0.3) is 5.91 Å². The van der Waals surface area contributed by atoms with Crippen LogP contribution in [0.1, 0.15) is 38.6 Å². The van der Waals surface area contributed by atoms with Crippen LogP contribution in [0, 0.1) is 0 Å². The van der Waals surface area contributed by atoms with Crippen LogP contribution in [0.15, 0.2) is 72.8 Å². The minimum Gasteiger partial charge on any atom is -0.351 e. The molecule has 0 aliphatic carbocycles. The molecule has 1 aromatic heterocycles. The number of nitrogens with zero attached hydrogens (tertiary/aromatic N) is 2. The first-order valence-corrected chi connectivity index (χ1v) is 11.4. The van der Waals surface area contributed by atoms with Crippen molar-refractivity contribution in [2.45, 2.75) is 19.5 Å². The van der Waals surface area contributed by atoms with Gasteiger partial charge in [0.05, 0.1) is 17.5 Å². The molecule has 0 spiro atoms. The Labute approximate surface area is 187 Å². The van der Waals surface area contributed by atoms with Gasteiger partial charge in [-0.25, -0.2) is 0 Å². The van der Waals surface area contributed by atoms with E-state index in [0.717, 1.165) is 22.8 Å². The van der Waals surface area contributed by atoms with E-state index in [1.165, 1.54) is 29.4 Å². The van der Waals surface area contributed by atoms with E-state index >= 15 is 0 Å². The van der Waals surface area contributed by atoms with Gasteiger partial charge in [-0.15, -0.1) is 11.3 Å². The number of benzene rings is 2. The fraction of sp³-hybridized carbons (Fsp3) is 0.280. The number of thiophene rings is 1. The number of hydrogen-bond acceptors (Lipinski definition) is 4. The maximum absolute atomic E-state index is 13.0. The summed E-state index contributed by atoms with van der Waals surface area (Å²) in [6.45, 7) is 5.02. The van der Waals surface area contributed by atoms with E-state index in [0.29, 0.717) is 19.6 Å². The molecule has 1 aliphatic rings. The Balaban J connectivity index is 1.43. The Kier molecular flexibility index (Phi) is 6.79. The minimum atomic E-state index is -0.0659. The lowest BCUT2D eigenvalue weighted by atomic mass is 9.96. The second kappa shape index (κ2) is 9.90. The lowest BCUT2D eigenvalue weighted by Gasteiger charge is -2.39. The molecule has 2 aromatic carbocycles. The third-order valence-corrected chi connectivity index (χ3v) is 6.65. The predicted molar refractivity (Wildman–Crippen MR) is 124 cm³/mol. The zero-order valence-corrected chi connectivity index (χ0v) is 18.5. The molecule has 1 fully saturated rings. The molecular formula is C25H27N3O2S. The molecule has 3 aromatic rings. The first kappa shape index (κ1) is 21.3. The van der Waals surface area contributed by atoms with Crippen LogP contribution in [0.4, 0.5) is 0 Å². The van der Waals surface area contributed by atoms with Crippen LogP contribution >= 0.6 is 11.3 Å². The Morgan fingerprint density at radius 2 is 1.45 bits per heavy atom. The summed E-state index contributed by atoms with van der Waals surface area (Å²) in [4.78, 5) is 30.2. The van der Waals surface area contributed by atoms with E-state index in [2.05, 4.69) is 58.7 Å². The molecule has 160 valence electrons. The van der Waals surface area contributed by atoms with Crippen LogP contribution < -0.4 is 5.32 Å². The molecule has 31 heavy (non-hydrogen) atoms. The Bertz CT molecular complexity index is 972. The highest BCUT2D eigenvalue weighted by atomic mass is 32.1. The highest BCUT2D eigenvalue weighted by Crippen LogP contribution is 2.30. The molecule has 0 saturated carbocycles. The lowest BCUT2D eigenvalue weighted by molar-refractivity contribution is -0.119. The average Bonchev–Trinajstić information content (AvgIpc) is 3.28. The van der Waals surface area contributed by atoms with Gasteiger partial charge in [0, 0.05) is 38.0 Å². The number of piperazine rings is 1. The predicted octanol–water partition coefficient (Wildman–Crippen LogP) is 3.93. The highest BCUT2D eigenvalue weighted by Gasteiger charge is 2.29. The molecule has 0 unspecified atom stereocenters. The van der Waals surface area contributed by atoms with Crippen molar-refractivity contribution in [1.82, 2.24) is 15.1 Å². The summed E-state index contributed by atoms with van der Waals surface area (Å²) in [5.74, 6) is 0.0125. The van der Waals surface area contributed by atoms with Crippen molar-refractivity contribution in [1.29, 1.82) is 0 Å². The van der Waals surface area contributed by atoms with E-state index in [1.807, 2.05) is 29.2 Å². The number of nitrogens with one attached hydrogen (secondary N) is 1. The second-order valence-corrected chi connectivity index (χ2v) is 8.90. The van der Waals surface area contributed by atoms with Crippen molar-refractivity contribution >= 4 is 23.2 Å². The third-order valence-electron chi connectivity index (χ3n) is 5.58. The van der Waals surface area contributed by atoms with Crippen molar-refractivity contribution in [2.75, 3.05) is 26.2 Å². The molecule has 1 N–H and O–H groups in total. The van der Waals surface area contributed by atoms with Gasteiger partial charge in [-0.1, -0.05) is 60.7 Å². The normalized spacial score (nSPS) is 14.6. The van der Waals surface area contributed by atoms with Crippen LogP contribution in [0.5, 0.6) is 0 Å². The fourth-order valence-electron chi connectivity index (χ4n) is 4.02. The highest BCUT2D eigenvalue weighted by molar-refractivity contribution is 7.14. The van der Waals surface area contributed by atoms with Crippen molar-refractivity contribution in [3.63, 3.8) is 0 Å². The van der Waals surface area contributed by atoms with Gasteiger partial charge < -0.3 is 10.2 Å². The Morgan fingerprint density at radius 3 is 2.00 bits per heavy atom. The van der Waals surface area contributed by atoms with E-state index in [-0.39, 0.29) is 17.9 Å². The first-order valence-electron chi connectivity index (χ1n) is 10.6. The maximum atomic E-state index is 13.0. The maximum Gasteiger partial charge on any atom is 0.264 e. The standard InChI is InChI=1S/C25H27N3O2S/c1-19(29)26-18-22-12-13-23(31-22)25(30)28-16-14-27(15-17-28)24(20-8-4-2-5-9-20)21-10-6-3-7-11-21/h2-13,24H,14-18H2,1H3,(H,26,29). The van der Waals surface area contributed by atoms with Gasteiger partial charge >= 0.3 is 0 Å². The van der Waals surface area contributed by atoms with Crippen molar-refractivity contribution in [3.8, 4) is 0 Å². The molecule has 2 heterocycles.